The summed E-state index contributed by atoms with van der Waals surface area (Å²) in [5.41, 5.74) is 0.624. The molecule has 1 amide bonds. The Labute approximate surface area is 163 Å². The number of aromatic nitrogens is 3. The van der Waals surface area contributed by atoms with Crippen molar-refractivity contribution in [1.29, 1.82) is 0 Å². The summed E-state index contributed by atoms with van der Waals surface area (Å²) in [5, 5.41) is 8.62. The average Bonchev–Trinajstić information content (AvgIpc) is 3.35. The van der Waals surface area contributed by atoms with E-state index < -0.39 is 0 Å². The molecule has 2 fully saturated rings. The summed E-state index contributed by atoms with van der Waals surface area (Å²) in [4.78, 5) is 17.4. The predicted octanol–water partition coefficient (Wildman–Crippen LogP) is 4.08. The Morgan fingerprint density at radius 1 is 0.857 bits per heavy atom. The Balaban J connectivity index is 1.39. The molecule has 142 valence electrons. The van der Waals surface area contributed by atoms with Gasteiger partial charge in [0.25, 0.3) is 5.91 Å². The van der Waals surface area contributed by atoms with E-state index in [1.807, 2.05) is 54.6 Å². The van der Waals surface area contributed by atoms with Gasteiger partial charge in [-0.1, -0.05) is 30.3 Å². The van der Waals surface area contributed by atoms with Gasteiger partial charge in [-0.25, -0.2) is 0 Å². The van der Waals surface area contributed by atoms with Gasteiger partial charge in [0.2, 0.25) is 0 Å². The van der Waals surface area contributed by atoms with Crippen LogP contribution in [0.4, 0.5) is 0 Å². The lowest BCUT2D eigenvalue weighted by molar-refractivity contribution is 0.0510. The van der Waals surface area contributed by atoms with Crippen molar-refractivity contribution in [1.82, 2.24) is 19.9 Å². The summed E-state index contributed by atoms with van der Waals surface area (Å²) < 4.78 is 6.02. The minimum Gasteiger partial charge on any atom is -0.457 e. The van der Waals surface area contributed by atoms with Crippen LogP contribution in [0.3, 0.4) is 0 Å². The van der Waals surface area contributed by atoms with Crippen LogP contribution < -0.4 is 4.74 Å². The van der Waals surface area contributed by atoms with Crippen LogP contribution in [0.15, 0.2) is 67.0 Å². The number of rotatable bonds is 4. The number of fused-ring (bicyclic) bond motifs is 2. The van der Waals surface area contributed by atoms with Crippen molar-refractivity contribution in [3.8, 4) is 11.5 Å². The first-order valence-electron chi connectivity index (χ1n) is 9.80. The van der Waals surface area contributed by atoms with Crippen molar-refractivity contribution in [2.45, 2.75) is 43.8 Å². The second-order valence-corrected chi connectivity index (χ2v) is 7.48. The Morgan fingerprint density at radius 3 is 2.21 bits per heavy atom. The number of nitrogens with zero attached hydrogens (tertiary/aromatic N) is 4. The normalized spacial score (nSPS) is 23.6. The highest BCUT2D eigenvalue weighted by atomic mass is 16.5. The van der Waals surface area contributed by atoms with E-state index in [0.717, 1.165) is 31.4 Å². The number of carbonyl (C=O) groups is 1. The largest absolute Gasteiger partial charge is 0.457 e. The summed E-state index contributed by atoms with van der Waals surface area (Å²) in [6, 6.07) is 17.8. The maximum Gasteiger partial charge on any atom is 0.258 e. The van der Waals surface area contributed by atoms with Crippen LogP contribution in [-0.2, 0) is 0 Å². The molecule has 0 spiro atoms. The number of amides is 1. The molecule has 2 unspecified atom stereocenters. The van der Waals surface area contributed by atoms with Gasteiger partial charge in [-0.3, -0.25) is 4.79 Å². The number of benzene rings is 2. The summed E-state index contributed by atoms with van der Waals surface area (Å²) in [7, 11) is 0. The second kappa shape index (κ2) is 7.11. The standard InChI is InChI=1S/C22H22N4O2/c27-22(20-8-4-5-9-21(20)28-19-6-2-1-3-7-19)25-16-10-11-17(25)15-18(14-16)26-23-12-13-24-26/h1-9,12-13,16-18H,10-11,14-15H2. The quantitative estimate of drug-likeness (QED) is 0.690. The molecule has 3 heterocycles. The Hall–Kier alpha value is -3.15. The molecule has 28 heavy (non-hydrogen) atoms. The highest BCUT2D eigenvalue weighted by Gasteiger charge is 2.44. The zero-order valence-corrected chi connectivity index (χ0v) is 15.5. The molecule has 2 atom stereocenters. The summed E-state index contributed by atoms with van der Waals surface area (Å²) in [6.07, 6.45) is 7.32. The van der Waals surface area contributed by atoms with Gasteiger partial charge in [0.1, 0.15) is 11.5 Å². The van der Waals surface area contributed by atoms with Gasteiger partial charge in [-0.2, -0.15) is 15.0 Å². The van der Waals surface area contributed by atoms with Crippen molar-refractivity contribution in [3.63, 3.8) is 0 Å². The lowest BCUT2D eigenvalue weighted by atomic mass is 9.96. The van der Waals surface area contributed by atoms with E-state index in [9.17, 15) is 4.79 Å². The topological polar surface area (TPSA) is 60.2 Å². The number of ether oxygens (including phenoxy) is 1. The third-order valence-corrected chi connectivity index (χ3v) is 5.79. The molecule has 0 saturated carbocycles. The maximum atomic E-state index is 13.5. The summed E-state index contributed by atoms with van der Waals surface area (Å²) >= 11 is 0. The fourth-order valence-corrected chi connectivity index (χ4v) is 4.57. The molecule has 6 nitrogen and oxygen atoms in total. The molecule has 2 saturated heterocycles. The fourth-order valence-electron chi connectivity index (χ4n) is 4.57. The molecule has 2 aromatic carbocycles. The molecule has 2 bridgehead atoms. The first-order chi connectivity index (χ1) is 13.8. The molecule has 0 radical (unpaired) electrons. The molecule has 0 N–H and O–H groups in total. The summed E-state index contributed by atoms with van der Waals surface area (Å²) in [5.74, 6) is 1.40. The van der Waals surface area contributed by atoms with E-state index >= 15 is 0 Å². The van der Waals surface area contributed by atoms with Crippen molar-refractivity contribution in [2.24, 2.45) is 0 Å². The van der Waals surface area contributed by atoms with Crippen molar-refractivity contribution in [3.05, 3.63) is 72.6 Å². The number of para-hydroxylation sites is 2. The minimum absolute atomic E-state index is 0.0610. The summed E-state index contributed by atoms with van der Waals surface area (Å²) in [6.45, 7) is 0. The molecule has 5 rings (SSSR count). The molecular formula is C22H22N4O2. The van der Waals surface area contributed by atoms with Gasteiger partial charge in [-0.15, -0.1) is 0 Å². The smallest absolute Gasteiger partial charge is 0.258 e. The third-order valence-electron chi connectivity index (χ3n) is 5.79. The van der Waals surface area contributed by atoms with Gasteiger partial charge in [0.05, 0.1) is 24.0 Å². The number of hydrogen-bond acceptors (Lipinski definition) is 4. The third kappa shape index (κ3) is 3.05. The monoisotopic (exact) mass is 374 g/mol. The zero-order valence-electron chi connectivity index (χ0n) is 15.5. The van der Waals surface area contributed by atoms with E-state index in [0.29, 0.717) is 11.3 Å². The van der Waals surface area contributed by atoms with Crippen LogP contribution in [0.1, 0.15) is 42.1 Å². The highest BCUT2D eigenvalue weighted by Crippen LogP contribution is 2.42. The molecule has 1 aromatic heterocycles. The van der Waals surface area contributed by atoms with Gasteiger partial charge in [0.15, 0.2) is 0 Å². The average molecular weight is 374 g/mol. The predicted molar refractivity (Wildman–Crippen MR) is 104 cm³/mol. The first-order valence-corrected chi connectivity index (χ1v) is 9.80. The zero-order chi connectivity index (χ0) is 18.9. The van der Waals surface area contributed by atoms with Crippen LogP contribution in [0, 0.1) is 0 Å². The maximum absolute atomic E-state index is 13.5. The SMILES string of the molecule is O=C(c1ccccc1Oc1ccccc1)N1C2CCC1CC(n1nccn1)C2. The second-order valence-electron chi connectivity index (χ2n) is 7.48. The number of hydrogen-bond donors (Lipinski definition) is 0. The fraction of sp³-hybridized carbons (Fsp3) is 0.318. The van der Waals surface area contributed by atoms with Crippen molar-refractivity contribution >= 4 is 5.91 Å². The van der Waals surface area contributed by atoms with E-state index in [4.69, 9.17) is 4.74 Å². The van der Waals surface area contributed by atoms with Crippen LogP contribution in [-0.4, -0.2) is 37.9 Å². The van der Waals surface area contributed by atoms with Gasteiger partial charge < -0.3 is 9.64 Å². The molecule has 3 aromatic rings. The van der Waals surface area contributed by atoms with Gasteiger partial charge in [-0.05, 0) is 49.9 Å². The van der Waals surface area contributed by atoms with E-state index in [-0.39, 0.29) is 24.0 Å². The van der Waals surface area contributed by atoms with Crippen LogP contribution >= 0.6 is 0 Å². The van der Waals surface area contributed by atoms with Crippen LogP contribution in [0.2, 0.25) is 0 Å². The Kier molecular flexibility index (Phi) is 4.31. The minimum atomic E-state index is 0.0610. The molecule has 6 heteroatoms. The molecule has 2 aliphatic rings. The highest BCUT2D eigenvalue weighted by molar-refractivity contribution is 5.97. The molecular weight excluding hydrogens is 352 g/mol. The van der Waals surface area contributed by atoms with E-state index in [2.05, 4.69) is 15.1 Å². The Bertz CT molecular complexity index is 944. The van der Waals surface area contributed by atoms with Gasteiger partial charge in [0, 0.05) is 12.1 Å². The first kappa shape index (κ1) is 17.0. The van der Waals surface area contributed by atoms with E-state index in [1.54, 1.807) is 17.2 Å². The van der Waals surface area contributed by atoms with Gasteiger partial charge >= 0.3 is 0 Å². The Morgan fingerprint density at radius 2 is 1.50 bits per heavy atom. The van der Waals surface area contributed by atoms with Crippen molar-refractivity contribution in [2.75, 3.05) is 0 Å². The number of carbonyl (C=O) groups excluding carboxylic acids is 1. The van der Waals surface area contributed by atoms with E-state index in [1.165, 1.54) is 0 Å². The lowest BCUT2D eigenvalue weighted by Crippen LogP contribution is -2.47. The van der Waals surface area contributed by atoms with Crippen LogP contribution in [0.5, 0.6) is 11.5 Å². The van der Waals surface area contributed by atoms with Crippen LogP contribution in [0.25, 0.3) is 0 Å². The lowest BCUT2D eigenvalue weighted by Gasteiger charge is -2.38. The molecule has 2 aliphatic heterocycles. The van der Waals surface area contributed by atoms with Crippen molar-refractivity contribution < 1.29 is 9.53 Å². The molecule has 0 aliphatic carbocycles. The number of piperidine rings is 1.